The summed E-state index contributed by atoms with van der Waals surface area (Å²) in [5.74, 6) is 0. The highest BCUT2D eigenvalue weighted by molar-refractivity contribution is 7.14. The summed E-state index contributed by atoms with van der Waals surface area (Å²) < 4.78 is 0. The molecule has 1 saturated heterocycles. The number of benzene rings is 1. The van der Waals surface area contributed by atoms with Crippen LogP contribution in [0.15, 0.2) is 29.6 Å². The second kappa shape index (κ2) is 5.11. The number of likely N-dealkylation sites (N-methyl/N-ethyl adjacent to an activating group) is 1. The molecule has 0 atom stereocenters. The fourth-order valence-electron chi connectivity index (χ4n) is 2.70. The number of hydrogen-bond donors (Lipinski definition) is 0. The molecule has 1 fully saturated rings. The largest absolute Gasteiger partial charge is 0.326 e. The molecular formula is C16H16N4OS. The van der Waals surface area contributed by atoms with Crippen molar-refractivity contribution in [3.63, 3.8) is 0 Å². The van der Waals surface area contributed by atoms with E-state index in [0.717, 1.165) is 11.3 Å². The Morgan fingerprint density at radius 1 is 1.32 bits per heavy atom. The van der Waals surface area contributed by atoms with Crippen molar-refractivity contribution in [3.05, 3.63) is 35.2 Å². The van der Waals surface area contributed by atoms with Crippen molar-refractivity contribution in [1.29, 1.82) is 5.26 Å². The maximum atomic E-state index is 12.3. The van der Waals surface area contributed by atoms with Crippen LogP contribution in [-0.4, -0.2) is 35.0 Å². The van der Waals surface area contributed by atoms with Gasteiger partial charge in [-0.2, -0.15) is 5.26 Å². The highest BCUT2D eigenvalue weighted by Crippen LogP contribution is 2.35. The number of nitriles is 1. The first-order valence-corrected chi connectivity index (χ1v) is 7.82. The number of urea groups is 1. The number of carbonyl (C=O) groups excluding carboxylic acids is 1. The van der Waals surface area contributed by atoms with E-state index in [2.05, 4.69) is 11.1 Å². The first kappa shape index (κ1) is 14.5. The minimum atomic E-state index is -0.272. The molecule has 1 aromatic carbocycles. The lowest BCUT2D eigenvalue weighted by Crippen LogP contribution is -2.42. The van der Waals surface area contributed by atoms with E-state index >= 15 is 0 Å². The van der Waals surface area contributed by atoms with E-state index < -0.39 is 0 Å². The summed E-state index contributed by atoms with van der Waals surface area (Å²) in [6, 6.07) is 9.37. The molecule has 0 spiro atoms. The Bertz CT molecular complexity index is 757. The second-order valence-corrected chi connectivity index (χ2v) is 6.83. The van der Waals surface area contributed by atoms with E-state index in [0.29, 0.717) is 17.2 Å². The zero-order chi connectivity index (χ0) is 15.9. The van der Waals surface area contributed by atoms with Crippen LogP contribution in [0.25, 0.3) is 11.3 Å². The number of carbonyl (C=O) groups is 1. The van der Waals surface area contributed by atoms with E-state index in [4.69, 9.17) is 5.26 Å². The first-order chi connectivity index (χ1) is 10.4. The van der Waals surface area contributed by atoms with Crippen molar-refractivity contribution >= 4 is 22.5 Å². The van der Waals surface area contributed by atoms with Gasteiger partial charge < -0.3 is 4.90 Å². The third-order valence-corrected chi connectivity index (χ3v) is 4.57. The number of thiazole rings is 1. The summed E-state index contributed by atoms with van der Waals surface area (Å²) in [7, 11) is 1.80. The quantitative estimate of drug-likeness (QED) is 0.854. The molecule has 1 aliphatic rings. The van der Waals surface area contributed by atoms with Gasteiger partial charge in [-0.3, -0.25) is 4.90 Å². The van der Waals surface area contributed by atoms with Crippen molar-refractivity contribution in [2.75, 3.05) is 18.5 Å². The molecule has 2 heterocycles. The minimum Gasteiger partial charge on any atom is -0.325 e. The van der Waals surface area contributed by atoms with Gasteiger partial charge in [0.1, 0.15) is 0 Å². The van der Waals surface area contributed by atoms with Crippen LogP contribution in [0.4, 0.5) is 9.93 Å². The van der Waals surface area contributed by atoms with Gasteiger partial charge in [-0.1, -0.05) is 12.1 Å². The number of aromatic nitrogens is 1. The Kier molecular flexibility index (Phi) is 3.38. The van der Waals surface area contributed by atoms with Gasteiger partial charge in [0.2, 0.25) is 0 Å². The van der Waals surface area contributed by atoms with Gasteiger partial charge in [0.25, 0.3) is 0 Å². The molecular weight excluding hydrogens is 296 g/mol. The zero-order valence-electron chi connectivity index (χ0n) is 12.7. The monoisotopic (exact) mass is 312 g/mol. The van der Waals surface area contributed by atoms with Crippen LogP contribution in [0.1, 0.15) is 19.4 Å². The smallest absolute Gasteiger partial charge is 0.325 e. The topological polar surface area (TPSA) is 60.2 Å². The van der Waals surface area contributed by atoms with Gasteiger partial charge in [0.15, 0.2) is 5.13 Å². The van der Waals surface area contributed by atoms with Crippen LogP contribution < -0.4 is 4.90 Å². The first-order valence-electron chi connectivity index (χ1n) is 6.94. The normalized spacial score (nSPS) is 16.9. The highest BCUT2D eigenvalue weighted by atomic mass is 32.1. The summed E-state index contributed by atoms with van der Waals surface area (Å²) in [6.07, 6.45) is 0. The standard InChI is InChI=1S/C16H16N4OS/c1-16(2)10-19(3)15(21)20(16)14-18-13(9-22-14)12-6-4-11(8-17)5-7-12/h4-7,9H,10H2,1-3H3. The molecule has 0 saturated carbocycles. The fourth-order valence-corrected chi connectivity index (χ4v) is 3.69. The van der Waals surface area contributed by atoms with Crippen LogP contribution >= 0.6 is 11.3 Å². The van der Waals surface area contributed by atoms with Crippen molar-refractivity contribution in [3.8, 4) is 17.3 Å². The maximum absolute atomic E-state index is 12.3. The van der Waals surface area contributed by atoms with Crippen molar-refractivity contribution in [2.45, 2.75) is 19.4 Å². The lowest BCUT2D eigenvalue weighted by Gasteiger charge is -2.26. The van der Waals surface area contributed by atoms with Crippen molar-refractivity contribution in [1.82, 2.24) is 9.88 Å². The summed E-state index contributed by atoms with van der Waals surface area (Å²) in [4.78, 5) is 20.4. The van der Waals surface area contributed by atoms with Gasteiger partial charge in [-0.15, -0.1) is 11.3 Å². The van der Waals surface area contributed by atoms with E-state index in [1.165, 1.54) is 11.3 Å². The SMILES string of the molecule is CN1CC(C)(C)N(c2nc(-c3ccc(C#N)cc3)cs2)C1=O. The Labute approximate surface area is 133 Å². The van der Waals surface area contributed by atoms with Crippen molar-refractivity contribution in [2.24, 2.45) is 0 Å². The Morgan fingerprint density at radius 2 is 2.00 bits per heavy atom. The average Bonchev–Trinajstić information content (AvgIpc) is 3.02. The minimum absolute atomic E-state index is 0.0225. The van der Waals surface area contributed by atoms with Gasteiger partial charge in [0, 0.05) is 24.5 Å². The molecule has 6 heteroatoms. The summed E-state index contributed by atoms with van der Waals surface area (Å²) >= 11 is 1.46. The van der Waals surface area contributed by atoms with Gasteiger partial charge in [-0.05, 0) is 26.0 Å². The lowest BCUT2D eigenvalue weighted by molar-refractivity contribution is 0.229. The molecule has 0 bridgehead atoms. The molecule has 22 heavy (non-hydrogen) atoms. The van der Waals surface area contributed by atoms with Gasteiger partial charge in [0.05, 0.1) is 22.9 Å². The molecule has 1 aliphatic heterocycles. The molecule has 0 aliphatic carbocycles. The maximum Gasteiger partial charge on any atom is 0.326 e. The number of rotatable bonds is 2. The van der Waals surface area contributed by atoms with Gasteiger partial charge in [-0.25, -0.2) is 9.78 Å². The molecule has 1 aromatic heterocycles. The van der Waals surface area contributed by atoms with E-state index in [9.17, 15) is 4.79 Å². The van der Waals surface area contributed by atoms with Crippen LogP contribution in [0.2, 0.25) is 0 Å². The van der Waals surface area contributed by atoms with E-state index in [1.807, 2.05) is 31.4 Å². The Hall–Kier alpha value is -2.39. The van der Waals surface area contributed by atoms with Crippen molar-refractivity contribution < 1.29 is 4.79 Å². The third-order valence-electron chi connectivity index (χ3n) is 3.74. The predicted molar refractivity (Wildman–Crippen MR) is 86.8 cm³/mol. The molecule has 0 N–H and O–H groups in total. The van der Waals surface area contributed by atoms with E-state index in [-0.39, 0.29) is 11.6 Å². The van der Waals surface area contributed by atoms with E-state index in [1.54, 1.807) is 29.0 Å². The summed E-state index contributed by atoms with van der Waals surface area (Å²) in [5, 5.41) is 11.5. The number of hydrogen-bond acceptors (Lipinski definition) is 4. The van der Waals surface area contributed by atoms with Crippen LogP contribution in [0, 0.1) is 11.3 Å². The highest BCUT2D eigenvalue weighted by Gasteiger charge is 2.43. The summed E-state index contributed by atoms with van der Waals surface area (Å²) in [5.41, 5.74) is 2.12. The number of amides is 2. The zero-order valence-corrected chi connectivity index (χ0v) is 13.5. The second-order valence-electron chi connectivity index (χ2n) is 5.99. The number of nitrogens with zero attached hydrogens (tertiary/aromatic N) is 4. The predicted octanol–water partition coefficient (Wildman–Crippen LogP) is 3.33. The fraction of sp³-hybridized carbons (Fsp3) is 0.312. The third kappa shape index (κ3) is 2.34. The number of anilines is 1. The molecule has 0 unspecified atom stereocenters. The molecule has 5 nitrogen and oxygen atoms in total. The average molecular weight is 312 g/mol. The lowest BCUT2D eigenvalue weighted by atomic mass is 10.1. The van der Waals surface area contributed by atoms with Gasteiger partial charge >= 0.3 is 6.03 Å². The van der Waals surface area contributed by atoms with Crippen LogP contribution in [0.5, 0.6) is 0 Å². The Morgan fingerprint density at radius 3 is 2.55 bits per heavy atom. The van der Waals surface area contributed by atoms with Crippen LogP contribution in [0.3, 0.4) is 0 Å². The Balaban J connectivity index is 1.93. The summed E-state index contributed by atoms with van der Waals surface area (Å²) in [6.45, 7) is 4.76. The molecule has 2 amide bonds. The molecule has 112 valence electrons. The molecule has 3 rings (SSSR count). The van der Waals surface area contributed by atoms with Crippen LogP contribution in [-0.2, 0) is 0 Å². The molecule has 0 radical (unpaired) electrons. The molecule has 2 aromatic rings.